The van der Waals surface area contributed by atoms with E-state index in [1.807, 2.05) is 19.2 Å². The summed E-state index contributed by atoms with van der Waals surface area (Å²) < 4.78 is 1.73. The van der Waals surface area contributed by atoms with Crippen molar-refractivity contribution in [3.63, 3.8) is 0 Å². The van der Waals surface area contributed by atoms with E-state index in [0.717, 1.165) is 0 Å². The highest BCUT2D eigenvalue weighted by Gasteiger charge is 2.13. The molecular weight excluding hydrogens is 270 g/mol. The third-order valence-corrected chi connectivity index (χ3v) is 3.05. The van der Waals surface area contributed by atoms with Crippen LogP contribution >= 0.6 is 0 Å². The average Bonchev–Trinajstić information content (AvgIpc) is 2.90. The molecule has 112 valence electrons. The van der Waals surface area contributed by atoms with E-state index in [-0.39, 0.29) is 17.4 Å². The van der Waals surface area contributed by atoms with Gasteiger partial charge in [0.25, 0.3) is 5.56 Å². The zero-order chi connectivity index (χ0) is 15.2. The maximum Gasteiger partial charge on any atom is 0.251 e. The standard InChI is InChI=1S/C14H19N5O2/c1-10(9-19-7-3-5-16-19)14(21)15-6-4-12-17-11(2)8-13(20)18-12/h3,5,7-8,10H,4,6,9H2,1-2H3,(H,15,21)(H,17,18,20)/t10-/m1/s1. The highest BCUT2D eigenvalue weighted by Crippen LogP contribution is 2.00. The summed E-state index contributed by atoms with van der Waals surface area (Å²) in [7, 11) is 0. The molecule has 2 aromatic heterocycles. The van der Waals surface area contributed by atoms with Gasteiger partial charge in [-0.2, -0.15) is 5.10 Å². The van der Waals surface area contributed by atoms with E-state index in [2.05, 4.69) is 20.4 Å². The number of amides is 1. The van der Waals surface area contributed by atoms with E-state index < -0.39 is 0 Å². The van der Waals surface area contributed by atoms with Gasteiger partial charge >= 0.3 is 0 Å². The number of H-pyrrole nitrogens is 1. The second-order valence-electron chi connectivity index (χ2n) is 5.00. The monoisotopic (exact) mass is 289 g/mol. The van der Waals surface area contributed by atoms with Gasteiger partial charge in [0.05, 0.1) is 12.5 Å². The second kappa shape index (κ2) is 6.83. The number of aromatic amines is 1. The largest absolute Gasteiger partial charge is 0.355 e. The van der Waals surface area contributed by atoms with E-state index >= 15 is 0 Å². The van der Waals surface area contributed by atoms with Gasteiger partial charge in [-0.05, 0) is 13.0 Å². The molecule has 2 aromatic rings. The third kappa shape index (κ3) is 4.55. The Labute approximate surface area is 122 Å². The van der Waals surface area contributed by atoms with Crippen LogP contribution < -0.4 is 10.9 Å². The normalized spacial score (nSPS) is 12.1. The zero-order valence-electron chi connectivity index (χ0n) is 12.2. The smallest absolute Gasteiger partial charge is 0.251 e. The fourth-order valence-corrected chi connectivity index (χ4v) is 2.01. The van der Waals surface area contributed by atoms with Gasteiger partial charge < -0.3 is 10.3 Å². The summed E-state index contributed by atoms with van der Waals surface area (Å²) in [6, 6.07) is 3.26. The molecule has 2 heterocycles. The first-order valence-electron chi connectivity index (χ1n) is 6.86. The zero-order valence-corrected chi connectivity index (χ0v) is 12.2. The van der Waals surface area contributed by atoms with Crippen LogP contribution in [0.2, 0.25) is 0 Å². The Hall–Kier alpha value is -2.44. The number of nitrogens with zero attached hydrogens (tertiary/aromatic N) is 3. The molecule has 0 bridgehead atoms. The molecule has 0 radical (unpaired) electrons. The van der Waals surface area contributed by atoms with Crippen molar-refractivity contribution < 1.29 is 4.79 Å². The van der Waals surface area contributed by atoms with Crippen LogP contribution in [-0.2, 0) is 17.8 Å². The van der Waals surface area contributed by atoms with Crippen LogP contribution in [0, 0.1) is 12.8 Å². The Morgan fingerprint density at radius 1 is 1.52 bits per heavy atom. The van der Waals surface area contributed by atoms with Crippen molar-refractivity contribution in [1.82, 2.24) is 25.1 Å². The van der Waals surface area contributed by atoms with Crippen LogP contribution in [0.4, 0.5) is 0 Å². The molecule has 21 heavy (non-hydrogen) atoms. The highest BCUT2D eigenvalue weighted by atomic mass is 16.2. The second-order valence-corrected chi connectivity index (χ2v) is 5.00. The van der Waals surface area contributed by atoms with Crippen LogP contribution in [0.1, 0.15) is 18.4 Å². The number of carbonyl (C=O) groups is 1. The molecule has 0 unspecified atom stereocenters. The molecule has 0 aromatic carbocycles. The molecule has 0 saturated heterocycles. The van der Waals surface area contributed by atoms with Gasteiger partial charge in [-0.15, -0.1) is 0 Å². The molecule has 2 rings (SSSR count). The highest BCUT2D eigenvalue weighted by molar-refractivity contribution is 5.78. The van der Waals surface area contributed by atoms with E-state index in [9.17, 15) is 9.59 Å². The van der Waals surface area contributed by atoms with Crippen LogP contribution in [0.25, 0.3) is 0 Å². The van der Waals surface area contributed by atoms with Crippen LogP contribution in [0.15, 0.2) is 29.3 Å². The van der Waals surface area contributed by atoms with Crippen molar-refractivity contribution in [3.05, 3.63) is 46.4 Å². The number of nitrogens with one attached hydrogen (secondary N) is 2. The predicted molar refractivity (Wildman–Crippen MR) is 77.7 cm³/mol. The van der Waals surface area contributed by atoms with Crippen molar-refractivity contribution in [2.75, 3.05) is 6.54 Å². The molecule has 1 amide bonds. The average molecular weight is 289 g/mol. The summed E-state index contributed by atoms with van der Waals surface area (Å²) in [6.45, 7) is 4.60. The fourth-order valence-electron chi connectivity index (χ4n) is 2.01. The lowest BCUT2D eigenvalue weighted by Gasteiger charge is -2.12. The lowest BCUT2D eigenvalue weighted by Crippen LogP contribution is -2.33. The molecule has 0 fully saturated rings. The maximum atomic E-state index is 11.9. The third-order valence-electron chi connectivity index (χ3n) is 3.05. The number of aromatic nitrogens is 4. The van der Waals surface area contributed by atoms with Crippen molar-refractivity contribution in [2.24, 2.45) is 5.92 Å². The summed E-state index contributed by atoms with van der Waals surface area (Å²) in [5.41, 5.74) is 0.503. The van der Waals surface area contributed by atoms with E-state index in [0.29, 0.717) is 31.0 Å². The molecule has 2 N–H and O–H groups in total. The first-order chi connectivity index (χ1) is 10.0. The minimum Gasteiger partial charge on any atom is -0.355 e. The summed E-state index contributed by atoms with van der Waals surface area (Å²) in [6.07, 6.45) is 4.01. The van der Waals surface area contributed by atoms with Gasteiger partial charge in [0.15, 0.2) is 0 Å². The van der Waals surface area contributed by atoms with Crippen molar-refractivity contribution in [2.45, 2.75) is 26.8 Å². The summed E-state index contributed by atoms with van der Waals surface area (Å²) in [4.78, 5) is 30.1. The van der Waals surface area contributed by atoms with E-state index in [4.69, 9.17) is 0 Å². The Bertz CT molecular complexity index is 648. The number of hydrogen-bond donors (Lipinski definition) is 2. The molecule has 0 aliphatic carbocycles. The first kappa shape index (κ1) is 15.0. The van der Waals surface area contributed by atoms with Gasteiger partial charge in [0.1, 0.15) is 5.82 Å². The number of rotatable bonds is 6. The van der Waals surface area contributed by atoms with Gasteiger partial charge in [0, 0.05) is 37.1 Å². The lowest BCUT2D eigenvalue weighted by atomic mass is 10.1. The molecule has 1 atom stereocenters. The SMILES string of the molecule is Cc1cc(=O)[nH]c(CCNC(=O)[C@H](C)Cn2cccn2)n1. The Morgan fingerprint density at radius 2 is 2.33 bits per heavy atom. The Kier molecular flexibility index (Phi) is 4.86. The van der Waals surface area contributed by atoms with Crippen LogP contribution in [0.5, 0.6) is 0 Å². The molecule has 7 heteroatoms. The van der Waals surface area contributed by atoms with Crippen molar-refractivity contribution in [3.8, 4) is 0 Å². The number of carbonyl (C=O) groups excluding carboxylic acids is 1. The van der Waals surface area contributed by atoms with Crippen molar-refractivity contribution in [1.29, 1.82) is 0 Å². The topological polar surface area (TPSA) is 92.7 Å². The summed E-state index contributed by atoms with van der Waals surface area (Å²) >= 11 is 0. The van der Waals surface area contributed by atoms with Gasteiger partial charge in [-0.3, -0.25) is 14.3 Å². The Balaban J connectivity index is 1.79. The molecular formula is C14H19N5O2. The minimum absolute atomic E-state index is 0.0412. The van der Waals surface area contributed by atoms with Gasteiger partial charge in [0.2, 0.25) is 5.91 Å². The maximum absolute atomic E-state index is 11.9. The molecule has 7 nitrogen and oxygen atoms in total. The lowest BCUT2D eigenvalue weighted by molar-refractivity contribution is -0.124. The predicted octanol–water partition coefficient (Wildman–Crippen LogP) is 0.270. The molecule has 0 aliphatic heterocycles. The van der Waals surface area contributed by atoms with Crippen LogP contribution in [-0.4, -0.2) is 32.2 Å². The van der Waals surface area contributed by atoms with E-state index in [1.165, 1.54) is 6.07 Å². The quantitative estimate of drug-likeness (QED) is 0.798. The molecule has 0 saturated carbocycles. The first-order valence-corrected chi connectivity index (χ1v) is 6.86. The molecule has 0 aliphatic rings. The number of aryl methyl sites for hydroxylation is 1. The summed E-state index contributed by atoms with van der Waals surface area (Å²) in [5, 5.41) is 6.91. The number of hydrogen-bond acceptors (Lipinski definition) is 4. The van der Waals surface area contributed by atoms with Gasteiger partial charge in [-0.25, -0.2) is 4.98 Å². The van der Waals surface area contributed by atoms with Crippen molar-refractivity contribution >= 4 is 5.91 Å². The van der Waals surface area contributed by atoms with Crippen LogP contribution in [0.3, 0.4) is 0 Å². The minimum atomic E-state index is -0.172. The van der Waals surface area contributed by atoms with Gasteiger partial charge in [-0.1, -0.05) is 6.92 Å². The fraction of sp³-hybridized carbons (Fsp3) is 0.429. The summed E-state index contributed by atoms with van der Waals surface area (Å²) in [5.74, 6) is 0.370. The van der Waals surface area contributed by atoms with E-state index in [1.54, 1.807) is 17.8 Å². The Morgan fingerprint density at radius 3 is 3.00 bits per heavy atom. The molecule has 0 spiro atoms.